The molecule has 0 unspecified atom stereocenters. The molecule has 2 aromatic rings. The van der Waals surface area contributed by atoms with Crippen molar-refractivity contribution in [1.82, 2.24) is 9.97 Å². The van der Waals surface area contributed by atoms with E-state index in [1.807, 2.05) is 32.0 Å². The summed E-state index contributed by atoms with van der Waals surface area (Å²) in [6.45, 7) is 3.86. The summed E-state index contributed by atoms with van der Waals surface area (Å²) in [5, 5.41) is 0. The van der Waals surface area contributed by atoms with Crippen LogP contribution in [0, 0.1) is 13.8 Å². The van der Waals surface area contributed by atoms with Crippen LogP contribution in [0.1, 0.15) is 21.7 Å². The normalized spacial score (nSPS) is 10.3. The summed E-state index contributed by atoms with van der Waals surface area (Å²) in [5.74, 6) is 0.577. The Bertz CT molecular complexity index is 582. The Morgan fingerprint density at radius 3 is 2.59 bits per heavy atom. The number of rotatable bonds is 2. The van der Waals surface area contributed by atoms with Crippen molar-refractivity contribution in [1.29, 1.82) is 0 Å². The number of hydrogen-bond donors (Lipinski definition) is 0. The van der Waals surface area contributed by atoms with Crippen molar-refractivity contribution in [2.45, 2.75) is 13.8 Å². The Kier molecular flexibility index (Phi) is 3.33. The van der Waals surface area contributed by atoms with E-state index < -0.39 is 0 Å². The maximum Gasteiger partial charge on any atom is 0.168 e. The highest BCUT2D eigenvalue weighted by molar-refractivity contribution is 9.10. The number of nitrogens with zero attached hydrogens (tertiary/aromatic N) is 2. The quantitative estimate of drug-likeness (QED) is 0.797. The summed E-state index contributed by atoms with van der Waals surface area (Å²) in [6.07, 6.45) is 0.738. The van der Waals surface area contributed by atoms with Crippen LogP contribution in [-0.4, -0.2) is 16.3 Å². The molecule has 0 aliphatic heterocycles. The Labute approximate surface area is 108 Å². The van der Waals surface area contributed by atoms with E-state index in [1.54, 1.807) is 6.07 Å². The monoisotopic (exact) mass is 290 g/mol. The molecule has 3 nitrogen and oxygen atoms in total. The van der Waals surface area contributed by atoms with Gasteiger partial charge >= 0.3 is 0 Å². The molecule has 1 aromatic heterocycles. The Morgan fingerprint density at radius 2 is 1.94 bits per heavy atom. The minimum absolute atomic E-state index is 0.407. The maximum absolute atomic E-state index is 10.8. The fraction of sp³-hybridized carbons (Fsp3) is 0.154. The third kappa shape index (κ3) is 2.58. The predicted octanol–water partition coefficient (Wildman–Crippen LogP) is 3.34. The van der Waals surface area contributed by atoms with Crippen molar-refractivity contribution < 1.29 is 4.79 Å². The molecule has 1 heterocycles. The fourth-order valence-electron chi connectivity index (χ4n) is 1.51. The average Bonchev–Trinajstić information content (AvgIpc) is 2.32. The van der Waals surface area contributed by atoms with Gasteiger partial charge in [0.2, 0.25) is 0 Å². The Hall–Kier alpha value is -1.55. The summed E-state index contributed by atoms with van der Waals surface area (Å²) < 4.78 is 1.01. The van der Waals surface area contributed by atoms with Gasteiger partial charge in [-0.1, -0.05) is 28.1 Å². The zero-order valence-corrected chi connectivity index (χ0v) is 11.2. The van der Waals surface area contributed by atoms with E-state index in [0.29, 0.717) is 11.5 Å². The van der Waals surface area contributed by atoms with Gasteiger partial charge in [-0.15, -0.1) is 0 Å². The van der Waals surface area contributed by atoms with Crippen LogP contribution in [0.5, 0.6) is 0 Å². The molecule has 0 N–H and O–H groups in total. The first kappa shape index (κ1) is 11.9. The number of aryl methyl sites for hydroxylation is 2. The molecule has 1 aromatic carbocycles. The van der Waals surface area contributed by atoms with Crippen LogP contribution in [0.3, 0.4) is 0 Å². The van der Waals surface area contributed by atoms with Gasteiger partial charge < -0.3 is 0 Å². The van der Waals surface area contributed by atoms with Crippen molar-refractivity contribution in [3.63, 3.8) is 0 Å². The van der Waals surface area contributed by atoms with Crippen LogP contribution in [-0.2, 0) is 0 Å². The third-order valence-electron chi connectivity index (χ3n) is 2.42. The summed E-state index contributed by atoms with van der Waals surface area (Å²) in [7, 11) is 0. The minimum Gasteiger partial charge on any atom is -0.296 e. The molecule has 0 aliphatic carbocycles. The smallest absolute Gasteiger partial charge is 0.168 e. The van der Waals surface area contributed by atoms with Gasteiger partial charge in [0.15, 0.2) is 12.1 Å². The molecule has 2 rings (SSSR count). The van der Waals surface area contributed by atoms with Crippen LogP contribution < -0.4 is 0 Å². The van der Waals surface area contributed by atoms with Gasteiger partial charge in [-0.25, -0.2) is 9.97 Å². The molecule has 0 amide bonds. The largest absolute Gasteiger partial charge is 0.296 e. The predicted molar refractivity (Wildman–Crippen MR) is 70.0 cm³/mol. The molecule has 4 heteroatoms. The first-order valence-electron chi connectivity index (χ1n) is 5.17. The SMILES string of the molecule is Cc1cc(C=O)nc(-c2ccc(C)c(Br)c2)n1. The van der Waals surface area contributed by atoms with Crippen molar-refractivity contribution in [3.8, 4) is 11.4 Å². The maximum atomic E-state index is 10.8. The molecule has 0 aliphatic rings. The van der Waals surface area contributed by atoms with E-state index in [1.165, 1.54) is 0 Å². The van der Waals surface area contributed by atoms with Gasteiger partial charge in [-0.05, 0) is 31.5 Å². The van der Waals surface area contributed by atoms with Crippen LogP contribution >= 0.6 is 15.9 Å². The molecule has 17 heavy (non-hydrogen) atoms. The molecular weight excluding hydrogens is 280 g/mol. The number of aromatic nitrogens is 2. The second-order valence-corrected chi connectivity index (χ2v) is 4.69. The highest BCUT2D eigenvalue weighted by Gasteiger charge is 2.06. The van der Waals surface area contributed by atoms with Gasteiger partial charge in [-0.2, -0.15) is 0 Å². The summed E-state index contributed by atoms with van der Waals surface area (Å²) in [5.41, 5.74) is 3.24. The number of benzene rings is 1. The van der Waals surface area contributed by atoms with Crippen molar-refractivity contribution in [2.24, 2.45) is 0 Å². The molecule has 0 radical (unpaired) electrons. The number of halogens is 1. The van der Waals surface area contributed by atoms with Gasteiger partial charge in [0.1, 0.15) is 5.69 Å². The highest BCUT2D eigenvalue weighted by Crippen LogP contribution is 2.23. The van der Waals surface area contributed by atoms with E-state index >= 15 is 0 Å². The lowest BCUT2D eigenvalue weighted by atomic mass is 10.1. The molecular formula is C13H11BrN2O. The first-order valence-corrected chi connectivity index (χ1v) is 5.97. The second kappa shape index (κ2) is 4.75. The lowest BCUT2D eigenvalue weighted by Gasteiger charge is -2.04. The van der Waals surface area contributed by atoms with Crippen LogP contribution in [0.2, 0.25) is 0 Å². The van der Waals surface area contributed by atoms with E-state index in [4.69, 9.17) is 0 Å². The number of carbonyl (C=O) groups is 1. The lowest BCUT2D eigenvalue weighted by molar-refractivity contribution is 0.111. The van der Waals surface area contributed by atoms with Gasteiger partial charge in [0, 0.05) is 15.7 Å². The van der Waals surface area contributed by atoms with Crippen molar-refractivity contribution in [2.75, 3.05) is 0 Å². The van der Waals surface area contributed by atoms with Gasteiger partial charge in [-0.3, -0.25) is 4.79 Å². The number of carbonyl (C=O) groups excluding carboxylic acids is 1. The molecule has 86 valence electrons. The summed E-state index contributed by atoms with van der Waals surface area (Å²) >= 11 is 3.47. The van der Waals surface area contributed by atoms with E-state index in [0.717, 1.165) is 27.6 Å². The molecule has 0 saturated heterocycles. The number of aldehydes is 1. The molecule has 0 atom stereocenters. The second-order valence-electron chi connectivity index (χ2n) is 3.84. The average molecular weight is 291 g/mol. The zero-order valence-electron chi connectivity index (χ0n) is 9.57. The molecule has 0 bridgehead atoms. The third-order valence-corrected chi connectivity index (χ3v) is 3.28. The van der Waals surface area contributed by atoms with E-state index in [9.17, 15) is 4.79 Å². The van der Waals surface area contributed by atoms with Gasteiger partial charge in [0.25, 0.3) is 0 Å². The Balaban J connectivity index is 2.55. The molecule has 0 saturated carbocycles. The topological polar surface area (TPSA) is 42.9 Å². The first-order chi connectivity index (χ1) is 8.10. The lowest BCUT2D eigenvalue weighted by Crippen LogP contribution is -1.97. The standard InChI is InChI=1S/C13H11BrN2O/c1-8-3-4-10(6-12(8)14)13-15-9(2)5-11(7-17)16-13/h3-7H,1-2H3. The van der Waals surface area contributed by atoms with Gasteiger partial charge in [0.05, 0.1) is 0 Å². The van der Waals surface area contributed by atoms with E-state index in [2.05, 4.69) is 25.9 Å². The van der Waals surface area contributed by atoms with Crippen LogP contribution in [0.4, 0.5) is 0 Å². The molecule has 0 fully saturated rings. The van der Waals surface area contributed by atoms with Crippen LogP contribution in [0.25, 0.3) is 11.4 Å². The summed E-state index contributed by atoms with van der Waals surface area (Å²) in [6, 6.07) is 7.56. The molecule has 0 spiro atoms. The summed E-state index contributed by atoms with van der Waals surface area (Å²) in [4.78, 5) is 19.3. The fourth-order valence-corrected chi connectivity index (χ4v) is 1.89. The van der Waals surface area contributed by atoms with Crippen molar-refractivity contribution in [3.05, 3.63) is 45.7 Å². The Morgan fingerprint density at radius 1 is 1.18 bits per heavy atom. The zero-order chi connectivity index (χ0) is 12.4. The van der Waals surface area contributed by atoms with Crippen molar-refractivity contribution >= 4 is 22.2 Å². The highest BCUT2D eigenvalue weighted by atomic mass is 79.9. The number of hydrogen-bond acceptors (Lipinski definition) is 3. The van der Waals surface area contributed by atoms with Crippen LogP contribution in [0.15, 0.2) is 28.7 Å². The van der Waals surface area contributed by atoms with E-state index in [-0.39, 0.29) is 0 Å². The minimum atomic E-state index is 0.407.